The summed E-state index contributed by atoms with van der Waals surface area (Å²) in [6.45, 7) is 7.58. The second kappa shape index (κ2) is 9.39. The summed E-state index contributed by atoms with van der Waals surface area (Å²) in [5.74, 6) is 0.989. The van der Waals surface area contributed by atoms with Gasteiger partial charge in [0.05, 0.1) is 13.2 Å². The Hall–Kier alpha value is -1.55. The number of likely N-dealkylation sites (N-methyl/N-ethyl adjacent to an activating group) is 2. The van der Waals surface area contributed by atoms with Crippen molar-refractivity contribution >= 4 is 5.91 Å². The molecule has 0 heterocycles. The van der Waals surface area contributed by atoms with E-state index in [0.29, 0.717) is 19.7 Å². The summed E-state index contributed by atoms with van der Waals surface area (Å²) in [7, 11) is 0. The molecular formula is C15H24N2O2. The number of benzene rings is 1. The first-order valence-electron chi connectivity index (χ1n) is 6.93. The Labute approximate surface area is 115 Å². The molecule has 106 valence electrons. The van der Waals surface area contributed by atoms with Crippen LogP contribution in [0.2, 0.25) is 0 Å². The zero-order valence-corrected chi connectivity index (χ0v) is 11.9. The van der Waals surface area contributed by atoms with Crippen LogP contribution in [-0.2, 0) is 4.79 Å². The van der Waals surface area contributed by atoms with Crippen LogP contribution in [0.4, 0.5) is 0 Å². The first-order chi connectivity index (χ1) is 9.26. The maximum Gasteiger partial charge on any atom is 0.234 e. The highest BCUT2D eigenvalue weighted by molar-refractivity contribution is 5.77. The van der Waals surface area contributed by atoms with Gasteiger partial charge in [0.1, 0.15) is 5.75 Å². The van der Waals surface area contributed by atoms with Crippen LogP contribution >= 0.6 is 0 Å². The highest BCUT2D eigenvalue weighted by atomic mass is 16.5. The number of rotatable bonds is 9. The third-order valence-electron chi connectivity index (χ3n) is 2.82. The van der Waals surface area contributed by atoms with Crippen molar-refractivity contribution in [2.45, 2.75) is 20.3 Å². The van der Waals surface area contributed by atoms with E-state index in [2.05, 4.69) is 17.1 Å². The molecule has 0 atom stereocenters. The number of ether oxygens (including phenoxy) is 1. The van der Waals surface area contributed by atoms with E-state index in [-0.39, 0.29) is 5.91 Å². The lowest BCUT2D eigenvalue weighted by Gasteiger charge is -2.19. The SMILES string of the molecule is CCNC(=O)CN(CC)CCCOc1ccccc1. The standard InChI is InChI=1S/C15H24N2O2/c1-3-16-15(18)13-17(4-2)11-8-12-19-14-9-6-5-7-10-14/h5-7,9-10H,3-4,8,11-13H2,1-2H3,(H,16,18). The van der Waals surface area contributed by atoms with Gasteiger partial charge in [-0.05, 0) is 32.0 Å². The molecule has 4 nitrogen and oxygen atoms in total. The smallest absolute Gasteiger partial charge is 0.234 e. The maximum atomic E-state index is 11.5. The van der Waals surface area contributed by atoms with E-state index in [9.17, 15) is 4.79 Å². The summed E-state index contributed by atoms with van der Waals surface area (Å²) in [5, 5.41) is 2.81. The summed E-state index contributed by atoms with van der Waals surface area (Å²) in [4.78, 5) is 13.6. The molecule has 1 rings (SSSR count). The molecule has 1 amide bonds. The summed E-state index contributed by atoms with van der Waals surface area (Å²) in [6.07, 6.45) is 0.919. The Morgan fingerprint density at radius 2 is 2.00 bits per heavy atom. The molecule has 0 saturated carbocycles. The van der Waals surface area contributed by atoms with Gasteiger partial charge in [-0.3, -0.25) is 9.69 Å². The molecule has 0 saturated heterocycles. The number of hydrogen-bond donors (Lipinski definition) is 1. The molecule has 0 aliphatic carbocycles. The van der Waals surface area contributed by atoms with Gasteiger partial charge in [0.25, 0.3) is 0 Å². The first-order valence-corrected chi connectivity index (χ1v) is 6.93. The molecule has 1 aromatic carbocycles. The van der Waals surface area contributed by atoms with Crippen LogP contribution < -0.4 is 10.1 Å². The van der Waals surface area contributed by atoms with Crippen LogP contribution in [0.3, 0.4) is 0 Å². The Kier molecular flexibility index (Phi) is 7.66. The zero-order valence-electron chi connectivity index (χ0n) is 11.9. The van der Waals surface area contributed by atoms with E-state index in [1.165, 1.54) is 0 Å². The Morgan fingerprint density at radius 3 is 2.63 bits per heavy atom. The van der Waals surface area contributed by atoms with Crippen molar-refractivity contribution in [3.63, 3.8) is 0 Å². The average molecular weight is 264 g/mol. The molecule has 4 heteroatoms. The van der Waals surface area contributed by atoms with Gasteiger partial charge in [0.15, 0.2) is 0 Å². The van der Waals surface area contributed by atoms with Crippen LogP contribution in [0.5, 0.6) is 5.75 Å². The minimum Gasteiger partial charge on any atom is -0.494 e. The van der Waals surface area contributed by atoms with Gasteiger partial charge >= 0.3 is 0 Å². The fraction of sp³-hybridized carbons (Fsp3) is 0.533. The number of hydrogen-bond acceptors (Lipinski definition) is 3. The van der Waals surface area contributed by atoms with Crippen molar-refractivity contribution in [3.8, 4) is 5.75 Å². The first kappa shape index (κ1) is 15.5. The number of amides is 1. The van der Waals surface area contributed by atoms with Crippen molar-refractivity contribution in [2.24, 2.45) is 0 Å². The van der Waals surface area contributed by atoms with Gasteiger partial charge in [-0.25, -0.2) is 0 Å². The Morgan fingerprint density at radius 1 is 1.26 bits per heavy atom. The van der Waals surface area contributed by atoms with Gasteiger partial charge in [0, 0.05) is 13.1 Å². The average Bonchev–Trinajstić information content (AvgIpc) is 2.43. The molecule has 19 heavy (non-hydrogen) atoms. The van der Waals surface area contributed by atoms with E-state index < -0.39 is 0 Å². The van der Waals surface area contributed by atoms with Crippen LogP contribution in [0, 0.1) is 0 Å². The molecule has 0 radical (unpaired) electrons. The lowest BCUT2D eigenvalue weighted by atomic mass is 10.3. The lowest BCUT2D eigenvalue weighted by molar-refractivity contribution is -0.122. The quantitative estimate of drug-likeness (QED) is 0.693. The molecule has 1 aromatic rings. The molecule has 1 N–H and O–H groups in total. The predicted molar refractivity (Wildman–Crippen MR) is 77.4 cm³/mol. The van der Waals surface area contributed by atoms with Gasteiger partial charge in [-0.15, -0.1) is 0 Å². The fourth-order valence-electron chi connectivity index (χ4n) is 1.80. The topological polar surface area (TPSA) is 41.6 Å². The summed E-state index contributed by atoms with van der Waals surface area (Å²) < 4.78 is 5.63. The highest BCUT2D eigenvalue weighted by Crippen LogP contribution is 2.08. The van der Waals surface area contributed by atoms with Gasteiger partial charge in [-0.1, -0.05) is 25.1 Å². The third-order valence-corrected chi connectivity index (χ3v) is 2.82. The van der Waals surface area contributed by atoms with E-state index in [0.717, 1.165) is 25.3 Å². The van der Waals surface area contributed by atoms with Crippen LogP contribution in [-0.4, -0.2) is 43.6 Å². The number of para-hydroxylation sites is 1. The van der Waals surface area contributed by atoms with Gasteiger partial charge < -0.3 is 10.1 Å². The minimum atomic E-state index is 0.0910. The third kappa shape index (κ3) is 6.82. The van der Waals surface area contributed by atoms with E-state index >= 15 is 0 Å². The molecule has 0 spiro atoms. The molecular weight excluding hydrogens is 240 g/mol. The van der Waals surface area contributed by atoms with Crippen molar-refractivity contribution in [1.29, 1.82) is 0 Å². The van der Waals surface area contributed by atoms with Crippen LogP contribution in [0.25, 0.3) is 0 Å². The van der Waals surface area contributed by atoms with Crippen molar-refractivity contribution in [1.82, 2.24) is 10.2 Å². The molecule has 0 bridgehead atoms. The normalized spacial score (nSPS) is 10.5. The maximum absolute atomic E-state index is 11.5. The number of carbonyl (C=O) groups is 1. The molecule has 0 unspecified atom stereocenters. The number of nitrogens with one attached hydrogen (secondary N) is 1. The zero-order chi connectivity index (χ0) is 13.9. The summed E-state index contributed by atoms with van der Waals surface area (Å²) in [5.41, 5.74) is 0. The van der Waals surface area contributed by atoms with E-state index in [1.54, 1.807) is 0 Å². The number of carbonyl (C=O) groups excluding carboxylic acids is 1. The van der Waals surface area contributed by atoms with Crippen LogP contribution in [0.15, 0.2) is 30.3 Å². The number of nitrogens with zero attached hydrogens (tertiary/aromatic N) is 1. The molecule has 0 aliphatic rings. The summed E-state index contributed by atoms with van der Waals surface area (Å²) in [6, 6.07) is 9.79. The van der Waals surface area contributed by atoms with Crippen LogP contribution in [0.1, 0.15) is 20.3 Å². The van der Waals surface area contributed by atoms with Crippen molar-refractivity contribution < 1.29 is 9.53 Å². The van der Waals surface area contributed by atoms with E-state index in [1.807, 2.05) is 37.3 Å². The highest BCUT2D eigenvalue weighted by Gasteiger charge is 2.07. The van der Waals surface area contributed by atoms with Crippen molar-refractivity contribution in [3.05, 3.63) is 30.3 Å². The summed E-state index contributed by atoms with van der Waals surface area (Å²) >= 11 is 0. The van der Waals surface area contributed by atoms with Gasteiger partial charge in [-0.2, -0.15) is 0 Å². The fourth-order valence-corrected chi connectivity index (χ4v) is 1.80. The minimum absolute atomic E-state index is 0.0910. The Balaban J connectivity index is 2.17. The predicted octanol–water partition coefficient (Wildman–Crippen LogP) is 1.91. The molecule has 0 fully saturated rings. The lowest BCUT2D eigenvalue weighted by Crippen LogP contribution is -2.37. The Bertz CT molecular complexity index is 354. The van der Waals surface area contributed by atoms with E-state index in [4.69, 9.17) is 4.74 Å². The largest absolute Gasteiger partial charge is 0.494 e. The van der Waals surface area contributed by atoms with Gasteiger partial charge in [0.2, 0.25) is 5.91 Å². The second-order valence-electron chi connectivity index (χ2n) is 4.34. The van der Waals surface area contributed by atoms with Crippen molar-refractivity contribution in [2.75, 3.05) is 32.8 Å². The second-order valence-corrected chi connectivity index (χ2v) is 4.34. The monoisotopic (exact) mass is 264 g/mol. The molecule has 0 aliphatic heterocycles. The molecule has 0 aromatic heterocycles.